The van der Waals surface area contributed by atoms with Crippen LogP contribution in [0.25, 0.3) is 0 Å². The zero-order valence-corrected chi connectivity index (χ0v) is 13.8. The summed E-state index contributed by atoms with van der Waals surface area (Å²) in [6, 6.07) is 4.51. The second kappa shape index (κ2) is 6.54. The van der Waals surface area contributed by atoms with Crippen molar-refractivity contribution < 1.29 is 17.9 Å². The number of aliphatic hydroxyl groups excluding tert-OH is 1. The average molecular weight is 333 g/mol. The van der Waals surface area contributed by atoms with E-state index in [-0.39, 0.29) is 11.3 Å². The molecule has 2 atom stereocenters. The highest BCUT2D eigenvalue weighted by atomic mass is 32.2. The molecular weight excluding hydrogens is 313 g/mol. The van der Waals surface area contributed by atoms with Crippen LogP contribution in [-0.2, 0) is 9.84 Å². The molecule has 1 aliphatic rings. The fraction of sp³-hybridized carbons (Fsp3) is 0.571. The molecule has 1 saturated heterocycles. The van der Waals surface area contributed by atoms with E-state index >= 15 is 0 Å². The molecular formula is C14H20FNO3S2. The van der Waals surface area contributed by atoms with Gasteiger partial charge in [-0.3, -0.25) is 0 Å². The molecule has 1 aromatic carbocycles. The van der Waals surface area contributed by atoms with Gasteiger partial charge in [-0.05, 0) is 19.1 Å². The molecule has 118 valence electrons. The normalized spacial score (nSPS) is 21.3. The van der Waals surface area contributed by atoms with Crippen molar-refractivity contribution in [1.82, 2.24) is 0 Å². The first-order valence-corrected chi connectivity index (χ1v) is 9.78. The lowest BCUT2D eigenvalue weighted by Crippen LogP contribution is -2.48. The van der Waals surface area contributed by atoms with Crippen LogP contribution < -0.4 is 4.90 Å². The number of benzene rings is 1. The fourth-order valence-electron chi connectivity index (χ4n) is 2.54. The van der Waals surface area contributed by atoms with Crippen LogP contribution in [0.4, 0.5) is 10.1 Å². The van der Waals surface area contributed by atoms with Crippen molar-refractivity contribution in [2.24, 2.45) is 0 Å². The predicted octanol–water partition coefficient (Wildman–Crippen LogP) is 2.19. The van der Waals surface area contributed by atoms with E-state index in [9.17, 15) is 17.9 Å². The van der Waals surface area contributed by atoms with Gasteiger partial charge >= 0.3 is 0 Å². The molecule has 2 rings (SSSR count). The van der Waals surface area contributed by atoms with Crippen LogP contribution in [0.1, 0.15) is 25.5 Å². The zero-order valence-electron chi connectivity index (χ0n) is 12.1. The van der Waals surface area contributed by atoms with Crippen molar-refractivity contribution in [1.29, 1.82) is 0 Å². The highest BCUT2D eigenvalue weighted by molar-refractivity contribution is 8.01. The number of nitrogens with zero attached hydrogens (tertiary/aromatic N) is 1. The first kappa shape index (κ1) is 16.6. The lowest BCUT2D eigenvalue weighted by atomic mass is 10.1. The first-order valence-electron chi connectivity index (χ1n) is 6.91. The van der Waals surface area contributed by atoms with Crippen molar-refractivity contribution in [2.75, 3.05) is 28.7 Å². The van der Waals surface area contributed by atoms with Gasteiger partial charge in [-0.25, -0.2) is 12.8 Å². The van der Waals surface area contributed by atoms with Gasteiger partial charge in [-0.1, -0.05) is 13.0 Å². The molecule has 4 nitrogen and oxygen atoms in total. The van der Waals surface area contributed by atoms with E-state index < -0.39 is 27.1 Å². The van der Waals surface area contributed by atoms with E-state index in [0.29, 0.717) is 18.0 Å². The number of aliphatic hydroxyl groups is 1. The van der Waals surface area contributed by atoms with Gasteiger partial charge in [0.05, 0.1) is 6.10 Å². The van der Waals surface area contributed by atoms with Gasteiger partial charge in [-0.2, -0.15) is 11.8 Å². The molecule has 0 saturated carbocycles. The number of hydrogen-bond donors (Lipinski definition) is 1. The Kier molecular flexibility index (Phi) is 5.16. The predicted molar refractivity (Wildman–Crippen MR) is 85.0 cm³/mol. The second-order valence-corrected chi connectivity index (χ2v) is 8.62. The molecule has 7 heteroatoms. The lowest BCUT2D eigenvalue weighted by Gasteiger charge is -2.38. The van der Waals surface area contributed by atoms with Crippen LogP contribution in [0, 0.1) is 5.82 Å². The number of thioether (sulfide) groups is 1. The van der Waals surface area contributed by atoms with Gasteiger partial charge in [0.15, 0.2) is 9.84 Å². The summed E-state index contributed by atoms with van der Waals surface area (Å²) in [4.78, 5) is 1.72. The topological polar surface area (TPSA) is 57.6 Å². The molecule has 0 radical (unpaired) electrons. The summed E-state index contributed by atoms with van der Waals surface area (Å²) in [5.74, 6) is 0.791. The molecule has 1 aromatic rings. The maximum Gasteiger partial charge on any atom is 0.171 e. The molecule has 0 aliphatic carbocycles. The van der Waals surface area contributed by atoms with Gasteiger partial charge in [-0.15, -0.1) is 0 Å². The minimum Gasteiger partial charge on any atom is -0.389 e. The van der Waals surface area contributed by atoms with Crippen molar-refractivity contribution in [3.63, 3.8) is 0 Å². The van der Waals surface area contributed by atoms with Crippen molar-refractivity contribution in [3.05, 3.63) is 29.6 Å². The number of rotatable bonds is 4. The third-order valence-electron chi connectivity index (χ3n) is 3.66. The number of anilines is 1. The summed E-state index contributed by atoms with van der Waals surface area (Å²) in [6.45, 7) is 3.63. The monoisotopic (exact) mass is 333 g/mol. The van der Waals surface area contributed by atoms with Gasteiger partial charge in [0.2, 0.25) is 0 Å². The Labute approximate surface area is 129 Å². The highest BCUT2D eigenvalue weighted by Gasteiger charge is 2.34. The Balaban J connectivity index is 2.50. The van der Waals surface area contributed by atoms with Crippen LogP contribution in [-0.4, -0.2) is 42.7 Å². The van der Waals surface area contributed by atoms with Crippen LogP contribution in [0.15, 0.2) is 18.2 Å². The van der Waals surface area contributed by atoms with E-state index in [1.54, 1.807) is 35.7 Å². The van der Waals surface area contributed by atoms with Gasteiger partial charge in [0, 0.05) is 35.1 Å². The maximum atomic E-state index is 14.0. The summed E-state index contributed by atoms with van der Waals surface area (Å²) >= 11 is 1.59. The Morgan fingerprint density at radius 1 is 1.52 bits per heavy atom. The van der Waals surface area contributed by atoms with Crippen LogP contribution in [0.3, 0.4) is 0 Å². The maximum absolute atomic E-state index is 14.0. The first-order chi connectivity index (χ1) is 9.88. The van der Waals surface area contributed by atoms with E-state index in [4.69, 9.17) is 0 Å². The summed E-state index contributed by atoms with van der Waals surface area (Å²) in [5.41, 5.74) is 0.646. The van der Waals surface area contributed by atoms with E-state index in [0.717, 1.165) is 5.75 Å². The van der Waals surface area contributed by atoms with Gasteiger partial charge in [0.25, 0.3) is 0 Å². The zero-order chi connectivity index (χ0) is 15.6. The van der Waals surface area contributed by atoms with Crippen molar-refractivity contribution >= 4 is 27.3 Å². The molecule has 21 heavy (non-hydrogen) atoms. The summed E-state index contributed by atoms with van der Waals surface area (Å²) in [6.07, 6.45) is -0.985. The third kappa shape index (κ3) is 3.35. The Morgan fingerprint density at radius 2 is 2.24 bits per heavy atom. The summed E-state index contributed by atoms with van der Waals surface area (Å²) < 4.78 is 38.6. The van der Waals surface area contributed by atoms with Crippen LogP contribution in [0.2, 0.25) is 0 Å². The van der Waals surface area contributed by atoms with E-state index in [2.05, 4.69) is 0 Å². The summed E-state index contributed by atoms with van der Waals surface area (Å²) in [7, 11) is -3.27. The largest absolute Gasteiger partial charge is 0.389 e. The molecule has 1 heterocycles. The van der Waals surface area contributed by atoms with Crippen molar-refractivity contribution in [3.8, 4) is 0 Å². The number of hydrogen-bond acceptors (Lipinski definition) is 5. The number of halogens is 1. The molecule has 0 aromatic heterocycles. The van der Waals surface area contributed by atoms with Crippen LogP contribution >= 0.6 is 11.8 Å². The standard InChI is InChI=1S/C14H20FNO3S2/c1-3-21(18,19)13-9-20-8-7-16(13)12-6-4-5-11(15)14(12)10(2)17/h4-6,10,13,17H,3,7-9H2,1-2H3. The minimum absolute atomic E-state index is 0.0497. The molecule has 2 unspecified atom stereocenters. The third-order valence-corrected chi connectivity index (χ3v) is 6.95. The van der Waals surface area contributed by atoms with Gasteiger partial charge in [0.1, 0.15) is 11.2 Å². The average Bonchev–Trinajstić information content (AvgIpc) is 2.46. The summed E-state index contributed by atoms with van der Waals surface area (Å²) in [5, 5.41) is 9.17. The minimum atomic E-state index is -3.27. The molecule has 0 bridgehead atoms. The Morgan fingerprint density at radius 3 is 2.86 bits per heavy atom. The van der Waals surface area contributed by atoms with Crippen LogP contribution in [0.5, 0.6) is 0 Å². The Hall–Kier alpha value is -0.790. The lowest BCUT2D eigenvalue weighted by molar-refractivity contribution is 0.194. The molecule has 0 amide bonds. The SMILES string of the molecule is CCS(=O)(=O)C1CSCCN1c1cccc(F)c1C(C)O. The second-order valence-electron chi connectivity index (χ2n) is 5.02. The molecule has 0 spiro atoms. The number of sulfone groups is 1. The molecule has 1 fully saturated rings. The quantitative estimate of drug-likeness (QED) is 0.915. The molecule has 1 aliphatic heterocycles. The van der Waals surface area contributed by atoms with Crippen molar-refractivity contribution in [2.45, 2.75) is 25.3 Å². The van der Waals surface area contributed by atoms with E-state index in [1.807, 2.05) is 0 Å². The van der Waals surface area contributed by atoms with Gasteiger partial charge < -0.3 is 10.0 Å². The smallest absolute Gasteiger partial charge is 0.171 e. The molecule has 1 N–H and O–H groups in total. The highest BCUT2D eigenvalue weighted by Crippen LogP contribution is 2.34. The fourth-order valence-corrected chi connectivity index (χ4v) is 5.52. The Bertz CT molecular complexity index is 604. The van der Waals surface area contributed by atoms with E-state index in [1.165, 1.54) is 13.0 Å².